The van der Waals surface area contributed by atoms with Gasteiger partial charge >= 0.3 is 6.18 Å². The van der Waals surface area contributed by atoms with Crippen molar-refractivity contribution < 1.29 is 17.6 Å². The Morgan fingerprint density at radius 3 is 2.47 bits per heavy atom. The topological polar surface area (TPSA) is 51.8 Å². The van der Waals surface area contributed by atoms with Crippen molar-refractivity contribution in [1.82, 2.24) is 9.97 Å². The van der Waals surface area contributed by atoms with Gasteiger partial charge in [-0.15, -0.1) is 0 Å². The van der Waals surface area contributed by atoms with Gasteiger partial charge in [0.25, 0.3) is 0 Å². The standard InChI is InChI=1S/C12H9F4N3/c1-6-5-18-11(17)19-10(6)7-2-3-8(9(13)4-7)12(14,15)16/h2-5H,1H3,(H2,17,18,19). The second kappa shape index (κ2) is 4.49. The molecule has 0 aliphatic heterocycles. The lowest BCUT2D eigenvalue weighted by atomic mass is 10.1. The summed E-state index contributed by atoms with van der Waals surface area (Å²) in [5.41, 5.74) is 5.21. The van der Waals surface area contributed by atoms with Gasteiger partial charge < -0.3 is 5.73 Å². The summed E-state index contributed by atoms with van der Waals surface area (Å²) in [6.45, 7) is 1.66. The summed E-state index contributed by atoms with van der Waals surface area (Å²) < 4.78 is 50.8. The molecule has 1 aromatic carbocycles. The molecule has 0 spiro atoms. The zero-order valence-electron chi connectivity index (χ0n) is 9.79. The highest BCUT2D eigenvalue weighted by atomic mass is 19.4. The zero-order chi connectivity index (χ0) is 14.2. The Morgan fingerprint density at radius 2 is 1.89 bits per heavy atom. The lowest BCUT2D eigenvalue weighted by Gasteiger charge is -2.10. The largest absolute Gasteiger partial charge is 0.419 e. The van der Waals surface area contributed by atoms with Crippen molar-refractivity contribution in [3.63, 3.8) is 0 Å². The van der Waals surface area contributed by atoms with Crippen molar-refractivity contribution in [1.29, 1.82) is 0 Å². The third kappa shape index (κ3) is 2.64. The molecule has 3 nitrogen and oxygen atoms in total. The Labute approximate surface area is 106 Å². The molecule has 0 fully saturated rings. The number of alkyl halides is 3. The molecule has 0 atom stereocenters. The van der Waals surface area contributed by atoms with Crippen molar-refractivity contribution in [2.45, 2.75) is 13.1 Å². The molecule has 2 rings (SSSR count). The maximum Gasteiger partial charge on any atom is 0.419 e. The van der Waals surface area contributed by atoms with Crippen LogP contribution in [0.3, 0.4) is 0 Å². The molecule has 19 heavy (non-hydrogen) atoms. The minimum Gasteiger partial charge on any atom is -0.368 e. The Bertz CT molecular complexity index is 623. The van der Waals surface area contributed by atoms with Gasteiger partial charge in [-0.25, -0.2) is 14.4 Å². The van der Waals surface area contributed by atoms with Gasteiger partial charge in [0, 0.05) is 11.8 Å². The predicted molar refractivity (Wildman–Crippen MR) is 61.6 cm³/mol. The number of anilines is 1. The van der Waals surface area contributed by atoms with E-state index in [0.29, 0.717) is 17.3 Å². The second-order valence-corrected chi connectivity index (χ2v) is 3.95. The van der Waals surface area contributed by atoms with Crippen molar-refractivity contribution in [2.24, 2.45) is 0 Å². The van der Waals surface area contributed by atoms with Gasteiger partial charge in [0.2, 0.25) is 5.95 Å². The van der Waals surface area contributed by atoms with Crippen LogP contribution in [0.2, 0.25) is 0 Å². The van der Waals surface area contributed by atoms with Gasteiger partial charge in [0.15, 0.2) is 0 Å². The number of hydrogen-bond acceptors (Lipinski definition) is 3. The Kier molecular flexibility index (Phi) is 3.13. The normalized spacial score (nSPS) is 11.6. The Hall–Kier alpha value is -2.18. The summed E-state index contributed by atoms with van der Waals surface area (Å²) >= 11 is 0. The van der Waals surface area contributed by atoms with Gasteiger partial charge in [-0.2, -0.15) is 13.2 Å². The van der Waals surface area contributed by atoms with E-state index in [2.05, 4.69) is 9.97 Å². The monoisotopic (exact) mass is 271 g/mol. The highest BCUT2D eigenvalue weighted by Gasteiger charge is 2.34. The second-order valence-electron chi connectivity index (χ2n) is 3.95. The van der Waals surface area contributed by atoms with E-state index in [-0.39, 0.29) is 11.5 Å². The maximum atomic E-state index is 13.5. The van der Waals surface area contributed by atoms with Crippen LogP contribution in [0.4, 0.5) is 23.5 Å². The lowest BCUT2D eigenvalue weighted by molar-refractivity contribution is -0.139. The number of benzene rings is 1. The van der Waals surface area contributed by atoms with E-state index in [0.717, 1.165) is 12.1 Å². The van der Waals surface area contributed by atoms with Crippen molar-refractivity contribution >= 4 is 5.95 Å². The van der Waals surface area contributed by atoms with E-state index in [1.54, 1.807) is 6.92 Å². The summed E-state index contributed by atoms with van der Waals surface area (Å²) in [4.78, 5) is 7.63. The number of nitrogens with zero attached hydrogens (tertiary/aromatic N) is 2. The van der Waals surface area contributed by atoms with Crippen LogP contribution in [0.5, 0.6) is 0 Å². The van der Waals surface area contributed by atoms with Crippen LogP contribution in [-0.2, 0) is 6.18 Å². The number of nitrogens with two attached hydrogens (primary N) is 1. The highest BCUT2D eigenvalue weighted by Crippen LogP contribution is 2.33. The summed E-state index contributed by atoms with van der Waals surface area (Å²) in [6, 6.07) is 2.63. The summed E-state index contributed by atoms with van der Waals surface area (Å²) in [6.07, 6.45) is -3.30. The zero-order valence-corrected chi connectivity index (χ0v) is 9.79. The average Bonchev–Trinajstić information content (AvgIpc) is 2.30. The van der Waals surface area contributed by atoms with Gasteiger partial charge in [0.1, 0.15) is 5.82 Å². The maximum absolute atomic E-state index is 13.5. The number of halogens is 4. The molecular formula is C12H9F4N3. The van der Waals surface area contributed by atoms with E-state index in [9.17, 15) is 17.6 Å². The summed E-state index contributed by atoms with van der Waals surface area (Å²) in [7, 11) is 0. The van der Waals surface area contributed by atoms with Gasteiger partial charge in [-0.3, -0.25) is 0 Å². The van der Waals surface area contributed by atoms with Crippen molar-refractivity contribution in [3.05, 3.63) is 41.3 Å². The number of aryl methyl sites for hydroxylation is 1. The van der Waals surface area contributed by atoms with E-state index in [1.165, 1.54) is 6.20 Å². The molecule has 0 saturated heterocycles. The SMILES string of the molecule is Cc1cnc(N)nc1-c1ccc(C(F)(F)F)c(F)c1. The van der Waals surface area contributed by atoms with Crippen molar-refractivity contribution in [2.75, 3.05) is 5.73 Å². The number of nitrogen functional groups attached to an aromatic ring is 1. The third-order valence-electron chi connectivity index (χ3n) is 2.54. The highest BCUT2D eigenvalue weighted by molar-refractivity contribution is 5.64. The van der Waals surface area contributed by atoms with E-state index < -0.39 is 17.6 Å². The molecule has 2 aromatic rings. The molecule has 0 aliphatic carbocycles. The van der Waals surface area contributed by atoms with E-state index in [4.69, 9.17) is 5.73 Å². The van der Waals surface area contributed by atoms with Crippen LogP contribution < -0.4 is 5.73 Å². The van der Waals surface area contributed by atoms with Crippen LogP contribution in [0.1, 0.15) is 11.1 Å². The molecule has 0 saturated carbocycles. The van der Waals surface area contributed by atoms with Crippen LogP contribution >= 0.6 is 0 Å². The summed E-state index contributed by atoms with van der Waals surface area (Å²) in [5.74, 6) is -1.37. The van der Waals surface area contributed by atoms with Crippen LogP contribution in [-0.4, -0.2) is 9.97 Å². The molecule has 0 amide bonds. The average molecular weight is 271 g/mol. The molecule has 0 bridgehead atoms. The Morgan fingerprint density at radius 1 is 1.21 bits per heavy atom. The first kappa shape index (κ1) is 13.3. The van der Waals surface area contributed by atoms with Crippen LogP contribution in [0, 0.1) is 12.7 Å². The molecule has 0 unspecified atom stereocenters. The molecule has 2 N–H and O–H groups in total. The first-order valence-corrected chi connectivity index (χ1v) is 5.25. The summed E-state index contributed by atoms with van der Waals surface area (Å²) in [5, 5.41) is 0. The van der Waals surface area contributed by atoms with Gasteiger partial charge in [-0.05, 0) is 24.6 Å². The quantitative estimate of drug-likeness (QED) is 0.810. The lowest BCUT2D eigenvalue weighted by Crippen LogP contribution is -2.08. The van der Waals surface area contributed by atoms with Crippen LogP contribution in [0.15, 0.2) is 24.4 Å². The minimum atomic E-state index is -4.72. The molecule has 1 aromatic heterocycles. The van der Waals surface area contributed by atoms with Gasteiger partial charge in [0.05, 0.1) is 11.3 Å². The van der Waals surface area contributed by atoms with Gasteiger partial charge in [-0.1, -0.05) is 6.07 Å². The molecule has 0 aliphatic rings. The molecule has 100 valence electrons. The molecule has 0 radical (unpaired) electrons. The fraction of sp³-hybridized carbons (Fsp3) is 0.167. The number of rotatable bonds is 1. The molecular weight excluding hydrogens is 262 g/mol. The van der Waals surface area contributed by atoms with E-state index >= 15 is 0 Å². The fourth-order valence-electron chi connectivity index (χ4n) is 1.64. The first-order chi connectivity index (χ1) is 8.79. The number of hydrogen-bond donors (Lipinski definition) is 1. The predicted octanol–water partition coefficient (Wildman–Crippen LogP) is 3.19. The first-order valence-electron chi connectivity index (χ1n) is 5.25. The minimum absolute atomic E-state index is 0.0269. The van der Waals surface area contributed by atoms with E-state index in [1.807, 2.05) is 0 Å². The van der Waals surface area contributed by atoms with Crippen molar-refractivity contribution in [3.8, 4) is 11.3 Å². The fourth-order valence-corrected chi connectivity index (χ4v) is 1.64. The number of aromatic nitrogens is 2. The smallest absolute Gasteiger partial charge is 0.368 e. The Balaban J connectivity index is 2.54. The molecule has 7 heteroatoms. The molecule has 1 heterocycles. The van der Waals surface area contributed by atoms with Crippen LogP contribution in [0.25, 0.3) is 11.3 Å². The third-order valence-corrected chi connectivity index (χ3v) is 2.54.